The lowest BCUT2D eigenvalue weighted by Crippen LogP contribution is -2.22. The van der Waals surface area contributed by atoms with Crippen molar-refractivity contribution in [3.63, 3.8) is 0 Å². The van der Waals surface area contributed by atoms with Crippen LogP contribution in [0.15, 0.2) is 42.5 Å². The molecule has 0 radical (unpaired) electrons. The molecular weight excluding hydrogens is 436 g/mol. The van der Waals surface area contributed by atoms with Crippen LogP contribution in [0.2, 0.25) is 0 Å². The van der Waals surface area contributed by atoms with Gasteiger partial charge in [0.2, 0.25) is 5.91 Å². The maximum absolute atomic E-state index is 12.1. The number of carbonyl (C=O) groups is 4. The molecule has 0 heterocycles. The van der Waals surface area contributed by atoms with Crippen molar-refractivity contribution < 1.29 is 28.7 Å². The molecule has 0 atom stereocenters. The first-order valence-electron chi connectivity index (χ1n) is 11.4. The number of rotatable bonds is 12. The number of esters is 2. The normalized spacial score (nSPS) is 10.3. The summed E-state index contributed by atoms with van der Waals surface area (Å²) in [5, 5.41) is 5.33. The number of aryl methyl sites for hydroxylation is 2. The van der Waals surface area contributed by atoms with Crippen molar-refractivity contribution in [3.05, 3.63) is 59.2 Å². The Morgan fingerprint density at radius 2 is 1.41 bits per heavy atom. The van der Waals surface area contributed by atoms with E-state index in [4.69, 9.17) is 9.47 Å². The van der Waals surface area contributed by atoms with Crippen LogP contribution in [0.1, 0.15) is 60.5 Å². The number of anilines is 2. The van der Waals surface area contributed by atoms with Crippen LogP contribution in [0.25, 0.3) is 0 Å². The van der Waals surface area contributed by atoms with Crippen LogP contribution in [0.4, 0.5) is 11.4 Å². The van der Waals surface area contributed by atoms with Crippen molar-refractivity contribution >= 4 is 35.1 Å². The van der Waals surface area contributed by atoms with E-state index in [9.17, 15) is 19.2 Å². The van der Waals surface area contributed by atoms with Gasteiger partial charge < -0.3 is 20.1 Å². The summed E-state index contributed by atoms with van der Waals surface area (Å²) in [7, 11) is 0. The van der Waals surface area contributed by atoms with Crippen molar-refractivity contribution in [2.24, 2.45) is 0 Å². The Morgan fingerprint density at radius 1 is 0.765 bits per heavy atom. The molecule has 2 amide bonds. The molecule has 8 nitrogen and oxygen atoms in total. The van der Waals surface area contributed by atoms with Gasteiger partial charge in [-0.3, -0.25) is 14.4 Å². The predicted octanol–water partition coefficient (Wildman–Crippen LogP) is 4.55. The number of unbranched alkanes of at least 4 members (excludes halogenated alkanes) is 2. The summed E-state index contributed by atoms with van der Waals surface area (Å²) < 4.78 is 10.1. The summed E-state index contributed by atoms with van der Waals surface area (Å²) in [5.41, 5.74) is 3.55. The monoisotopic (exact) mass is 468 g/mol. The summed E-state index contributed by atoms with van der Waals surface area (Å²) in [6.07, 6.45) is 2.62. The van der Waals surface area contributed by atoms with E-state index < -0.39 is 24.5 Å². The summed E-state index contributed by atoms with van der Waals surface area (Å²) in [5.74, 6) is -1.89. The highest BCUT2D eigenvalue weighted by molar-refractivity contribution is 5.95. The third-order valence-corrected chi connectivity index (χ3v) is 4.81. The highest BCUT2D eigenvalue weighted by atomic mass is 16.5. The van der Waals surface area contributed by atoms with E-state index in [1.807, 2.05) is 32.0 Å². The molecule has 0 bridgehead atoms. The molecule has 2 rings (SSSR count). The highest BCUT2D eigenvalue weighted by Crippen LogP contribution is 2.14. The van der Waals surface area contributed by atoms with Gasteiger partial charge in [0.1, 0.15) is 0 Å². The van der Waals surface area contributed by atoms with Gasteiger partial charge in [0.15, 0.2) is 6.61 Å². The van der Waals surface area contributed by atoms with Crippen LogP contribution in [-0.4, -0.2) is 37.0 Å². The number of ether oxygens (including phenoxy) is 2. The van der Waals surface area contributed by atoms with E-state index in [-0.39, 0.29) is 18.7 Å². The van der Waals surface area contributed by atoms with Gasteiger partial charge in [0.05, 0.1) is 18.6 Å². The number of nitrogens with one attached hydrogen (secondary N) is 2. The first-order chi connectivity index (χ1) is 16.3. The molecule has 2 aromatic rings. The molecule has 0 saturated heterocycles. The van der Waals surface area contributed by atoms with Gasteiger partial charge in [-0.05, 0) is 67.8 Å². The van der Waals surface area contributed by atoms with E-state index in [1.54, 1.807) is 24.3 Å². The summed E-state index contributed by atoms with van der Waals surface area (Å²) in [6.45, 7) is 5.87. The molecule has 0 aromatic heterocycles. The van der Waals surface area contributed by atoms with Crippen molar-refractivity contribution in [2.45, 2.75) is 52.9 Å². The Hall–Kier alpha value is -3.68. The van der Waals surface area contributed by atoms with Crippen LogP contribution in [0.5, 0.6) is 0 Å². The van der Waals surface area contributed by atoms with Gasteiger partial charge in [0, 0.05) is 17.8 Å². The smallest absolute Gasteiger partial charge is 0.338 e. The Balaban J connectivity index is 1.68. The highest BCUT2D eigenvalue weighted by Gasteiger charge is 2.12. The molecule has 34 heavy (non-hydrogen) atoms. The van der Waals surface area contributed by atoms with Crippen molar-refractivity contribution in [3.8, 4) is 0 Å². The Kier molecular flexibility index (Phi) is 10.8. The molecule has 182 valence electrons. The van der Waals surface area contributed by atoms with Gasteiger partial charge >= 0.3 is 11.9 Å². The number of hydrogen-bond donors (Lipinski definition) is 2. The first-order valence-corrected chi connectivity index (χ1v) is 11.4. The van der Waals surface area contributed by atoms with Crippen LogP contribution in [-0.2, 0) is 23.9 Å². The molecule has 0 spiro atoms. The van der Waals surface area contributed by atoms with E-state index in [0.29, 0.717) is 23.5 Å². The molecule has 2 aromatic carbocycles. The SMILES string of the molecule is CCCCCOC(=O)c1ccc(NC(=O)CCC(=O)OCC(=O)Nc2cc(C)cc(C)c2)cc1. The molecule has 0 saturated carbocycles. The second-order valence-corrected chi connectivity index (χ2v) is 8.05. The van der Waals surface area contributed by atoms with Crippen LogP contribution >= 0.6 is 0 Å². The zero-order valence-corrected chi connectivity index (χ0v) is 19.9. The molecule has 2 N–H and O–H groups in total. The largest absolute Gasteiger partial charge is 0.462 e. The number of hydrogen-bond acceptors (Lipinski definition) is 6. The average molecular weight is 469 g/mol. The molecule has 0 fully saturated rings. The Morgan fingerprint density at radius 3 is 2.06 bits per heavy atom. The van der Waals surface area contributed by atoms with Crippen molar-refractivity contribution in [1.82, 2.24) is 0 Å². The van der Waals surface area contributed by atoms with Crippen LogP contribution in [0, 0.1) is 13.8 Å². The van der Waals surface area contributed by atoms with Crippen LogP contribution < -0.4 is 10.6 Å². The van der Waals surface area contributed by atoms with Gasteiger partial charge in [0.25, 0.3) is 5.91 Å². The molecular formula is C26H32N2O6. The standard InChI is InChI=1S/C26H32N2O6/c1-4-5-6-13-33-26(32)20-7-9-21(10-8-20)27-23(29)11-12-25(31)34-17-24(30)28-22-15-18(2)14-19(3)16-22/h7-10,14-16H,4-6,11-13,17H2,1-3H3,(H,27,29)(H,28,30). The fourth-order valence-electron chi connectivity index (χ4n) is 3.19. The zero-order chi connectivity index (χ0) is 24.9. The van der Waals surface area contributed by atoms with E-state index in [0.717, 1.165) is 30.4 Å². The molecule has 0 aliphatic heterocycles. The van der Waals surface area contributed by atoms with Crippen molar-refractivity contribution in [2.75, 3.05) is 23.8 Å². The minimum absolute atomic E-state index is 0.0985. The zero-order valence-electron chi connectivity index (χ0n) is 19.9. The summed E-state index contributed by atoms with van der Waals surface area (Å²) >= 11 is 0. The third-order valence-electron chi connectivity index (χ3n) is 4.81. The predicted molar refractivity (Wildman–Crippen MR) is 130 cm³/mol. The van der Waals surface area contributed by atoms with E-state index >= 15 is 0 Å². The molecule has 0 aliphatic carbocycles. The quantitative estimate of drug-likeness (QED) is 0.349. The second-order valence-electron chi connectivity index (χ2n) is 8.05. The van der Waals surface area contributed by atoms with Gasteiger partial charge in [-0.1, -0.05) is 25.8 Å². The summed E-state index contributed by atoms with van der Waals surface area (Å²) in [4.78, 5) is 47.9. The van der Waals surface area contributed by atoms with Gasteiger partial charge in [-0.2, -0.15) is 0 Å². The Labute approximate surface area is 200 Å². The lowest BCUT2D eigenvalue weighted by Gasteiger charge is -2.09. The topological polar surface area (TPSA) is 111 Å². The second kappa shape index (κ2) is 13.8. The number of carbonyl (C=O) groups excluding carboxylic acids is 4. The maximum Gasteiger partial charge on any atom is 0.338 e. The van der Waals surface area contributed by atoms with E-state index in [1.165, 1.54) is 0 Å². The fourth-order valence-corrected chi connectivity index (χ4v) is 3.19. The first kappa shape index (κ1) is 26.6. The molecule has 0 aliphatic rings. The minimum atomic E-state index is -0.646. The fraction of sp³-hybridized carbons (Fsp3) is 0.385. The van der Waals surface area contributed by atoms with E-state index in [2.05, 4.69) is 17.6 Å². The number of benzene rings is 2. The molecule has 0 unspecified atom stereocenters. The van der Waals surface area contributed by atoms with Gasteiger partial charge in [-0.25, -0.2) is 4.79 Å². The van der Waals surface area contributed by atoms with Crippen molar-refractivity contribution in [1.29, 1.82) is 0 Å². The summed E-state index contributed by atoms with van der Waals surface area (Å²) in [6, 6.07) is 12.0. The van der Waals surface area contributed by atoms with Crippen LogP contribution in [0.3, 0.4) is 0 Å². The third kappa shape index (κ3) is 9.85. The minimum Gasteiger partial charge on any atom is -0.462 e. The lowest BCUT2D eigenvalue weighted by atomic mass is 10.1. The number of amides is 2. The average Bonchev–Trinajstić information content (AvgIpc) is 2.79. The molecule has 8 heteroatoms. The maximum atomic E-state index is 12.1. The Bertz CT molecular complexity index is 981. The van der Waals surface area contributed by atoms with Gasteiger partial charge in [-0.15, -0.1) is 0 Å². The lowest BCUT2D eigenvalue weighted by molar-refractivity contribution is -0.147.